The molecular formula is C15H24N2O2S. The number of benzene rings is 1. The van der Waals surface area contributed by atoms with Crippen LogP contribution in [0.5, 0.6) is 0 Å². The molecule has 1 heterocycles. The number of likely N-dealkylation sites (tertiary alicyclic amines) is 1. The van der Waals surface area contributed by atoms with Crippen molar-refractivity contribution in [3.05, 3.63) is 29.8 Å². The van der Waals surface area contributed by atoms with Gasteiger partial charge in [0.15, 0.2) is 0 Å². The molecule has 20 heavy (non-hydrogen) atoms. The van der Waals surface area contributed by atoms with E-state index >= 15 is 0 Å². The first-order valence-corrected chi connectivity index (χ1v) is 8.57. The second-order valence-electron chi connectivity index (χ2n) is 5.89. The highest BCUT2D eigenvalue weighted by Crippen LogP contribution is 2.20. The van der Waals surface area contributed by atoms with Gasteiger partial charge in [0, 0.05) is 20.6 Å². The predicted molar refractivity (Wildman–Crippen MR) is 81.0 cm³/mol. The van der Waals surface area contributed by atoms with E-state index in [2.05, 4.69) is 11.8 Å². The second-order valence-corrected chi connectivity index (χ2v) is 8.05. The van der Waals surface area contributed by atoms with Crippen molar-refractivity contribution in [2.24, 2.45) is 5.92 Å². The molecule has 1 aliphatic heterocycles. The third-order valence-electron chi connectivity index (χ3n) is 3.96. The molecule has 5 heteroatoms. The molecule has 1 aliphatic rings. The predicted octanol–water partition coefficient (Wildman–Crippen LogP) is 2.17. The standard InChI is InChI=1S/C15H24N2O2S/c1-13-7-9-17(10-8-13)12-14-5-4-6-15(11-14)20(18,19)16(2)3/h4-6,11,13H,7-10,12H2,1-3H3. The lowest BCUT2D eigenvalue weighted by atomic mass is 9.99. The van der Waals surface area contributed by atoms with E-state index in [1.807, 2.05) is 12.1 Å². The molecule has 1 aromatic rings. The van der Waals surface area contributed by atoms with E-state index in [4.69, 9.17) is 0 Å². The van der Waals surface area contributed by atoms with Gasteiger partial charge in [-0.05, 0) is 49.5 Å². The maximum atomic E-state index is 12.1. The fraction of sp³-hybridized carbons (Fsp3) is 0.600. The van der Waals surface area contributed by atoms with Crippen molar-refractivity contribution in [3.8, 4) is 0 Å². The molecule has 0 radical (unpaired) electrons. The van der Waals surface area contributed by atoms with Crippen molar-refractivity contribution >= 4 is 10.0 Å². The Kier molecular flexibility index (Phi) is 4.83. The van der Waals surface area contributed by atoms with Crippen molar-refractivity contribution in [2.45, 2.75) is 31.2 Å². The second kappa shape index (κ2) is 6.24. The first-order valence-electron chi connectivity index (χ1n) is 7.13. The monoisotopic (exact) mass is 296 g/mol. The van der Waals surface area contributed by atoms with Crippen molar-refractivity contribution < 1.29 is 8.42 Å². The zero-order chi connectivity index (χ0) is 14.8. The summed E-state index contributed by atoms with van der Waals surface area (Å²) in [7, 11) is -0.207. The van der Waals surface area contributed by atoms with E-state index in [9.17, 15) is 8.42 Å². The van der Waals surface area contributed by atoms with Crippen LogP contribution in [0.4, 0.5) is 0 Å². The summed E-state index contributed by atoms with van der Waals surface area (Å²) < 4.78 is 25.5. The van der Waals surface area contributed by atoms with Crippen LogP contribution in [-0.4, -0.2) is 44.8 Å². The Bertz CT molecular complexity index is 547. The van der Waals surface area contributed by atoms with Gasteiger partial charge in [0.05, 0.1) is 4.90 Å². The molecule has 1 saturated heterocycles. The van der Waals surface area contributed by atoms with Gasteiger partial charge in [-0.3, -0.25) is 4.90 Å². The van der Waals surface area contributed by atoms with Crippen LogP contribution in [0.3, 0.4) is 0 Å². The van der Waals surface area contributed by atoms with E-state index in [1.54, 1.807) is 26.2 Å². The molecule has 4 nitrogen and oxygen atoms in total. The minimum atomic E-state index is -3.33. The number of sulfonamides is 1. The molecule has 0 bridgehead atoms. The molecule has 0 amide bonds. The van der Waals surface area contributed by atoms with Crippen LogP contribution in [-0.2, 0) is 16.6 Å². The van der Waals surface area contributed by atoms with Crippen molar-refractivity contribution in [1.29, 1.82) is 0 Å². The average molecular weight is 296 g/mol. The third-order valence-corrected chi connectivity index (χ3v) is 5.77. The lowest BCUT2D eigenvalue weighted by Gasteiger charge is -2.30. The summed E-state index contributed by atoms with van der Waals surface area (Å²) in [6, 6.07) is 7.30. The summed E-state index contributed by atoms with van der Waals surface area (Å²) in [5, 5.41) is 0. The van der Waals surface area contributed by atoms with Gasteiger partial charge in [0.1, 0.15) is 0 Å². The molecule has 0 aliphatic carbocycles. The summed E-state index contributed by atoms with van der Waals surface area (Å²) in [5.74, 6) is 0.812. The van der Waals surface area contributed by atoms with Crippen LogP contribution in [0.2, 0.25) is 0 Å². The van der Waals surface area contributed by atoms with Crippen molar-refractivity contribution in [2.75, 3.05) is 27.2 Å². The van der Waals surface area contributed by atoms with Crippen LogP contribution in [0.25, 0.3) is 0 Å². The van der Waals surface area contributed by atoms with Gasteiger partial charge in [0.25, 0.3) is 0 Å². The fourth-order valence-corrected chi connectivity index (χ4v) is 3.47. The smallest absolute Gasteiger partial charge is 0.242 e. The fourth-order valence-electron chi connectivity index (χ4n) is 2.49. The topological polar surface area (TPSA) is 40.6 Å². The lowest BCUT2D eigenvalue weighted by molar-refractivity contribution is 0.185. The molecule has 1 aromatic carbocycles. The largest absolute Gasteiger partial charge is 0.299 e. The van der Waals surface area contributed by atoms with Crippen LogP contribution in [0.1, 0.15) is 25.3 Å². The van der Waals surface area contributed by atoms with Crippen molar-refractivity contribution in [1.82, 2.24) is 9.21 Å². The molecule has 1 fully saturated rings. The molecule has 0 spiro atoms. The van der Waals surface area contributed by atoms with E-state index in [-0.39, 0.29) is 0 Å². The van der Waals surface area contributed by atoms with Gasteiger partial charge < -0.3 is 0 Å². The quantitative estimate of drug-likeness (QED) is 0.855. The van der Waals surface area contributed by atoms with Gasteiger partial charge in [-0.25, -0.2) is 12.7 Å². The molecule has 0 unspecified atom stereocenters. The molecule has 2 rings (SSSR count). The zero-order valence-electron chi connectivity index (χ0n) is 12.5. The SMILES string of the molecule is CC1CCN(Cc2cccc(S(=O)(=O)N(C)C)c2)CC1. The highest BCUT2D eigenvalue weighted by atomic mass is 32.2. The Labute approximate surface area is 122 Å². The number of hydrogen-bond donors (Lipinski definition) is 0. The minimum Gasteiger partial charge on any atom is -0.299 e. The summed E-state index contributed by atoms with van der Waals surface area (Å²) in [6.45, 7) is 5.34. The molecular weight excluding hydrogens is 272 g/mol. The van der Waals surface area contributed by atoms with Gasteiger partial charge in [0.2, 0.25) is 10.0 Å². The normalized spacial score (nSPS) is 18.6. The van der Waals surface area contributed by atoms with Crippen LogP contribution in [0, 0.1) is 5.92 Å². The Balaban J connectivity index is 2.11. The summed E-state index contributed by atoms with van der Waals surface area (Å²) in [4.78, 5) is 2.78. The Morgan fingerprint density at radius 3 is 2.50 bits per heavy atom. The number of rotatable bonds is 4. The minimum absolute atomic E-state index is 0.380. The Morgan fingerprint density at radius 1 is 1.25 bits per heavy atom. The summed E-state index contributed by atoms with van der Waals surface area (Å²) in [6.07, 6.45) is 2.46. The maximum Gasteiger partial charge on any atom is 0.242 e. The van der Waals surface area contributed by atoms with Crippen LogP contribution >= 0.6 is 0 Å². The maximum absolute atomic E-state index is 12.1. The Morgan fingerprint density at radius 2 is 1.90 bits per heavy atom. The van der Waals surface area contributed by atoms with Crippen LogP contribution < -0.4 is 0 Å². The van der Waals surface area contributed by atoms with E-state index in [0.29, 0.717) is 4.90 Å². The van der Waals surface area contributed by atoms with Gasteiger partial charge in [-0.2, -0.15) is 0 Å². The first-order chi connectivity index (χ1) is 9.39. The summed E-state index contributed by atoms with van der Waals surface area (Å²) in [5.41, 5.74) is 1.07. The van der Waals surface area contributed by atoms with Gasteiger partial charge >= 0.3 is 0 Å². The lowest BCUT2D eigenvalue weighted by Crippen LogP contribution is -2.32. The highest BCUT2D eigenvalue weighted by molar-refractivity contribution is 7.89. The number of piperidine rings is 1. The van der Waals surface area contributed by atoms with Crippen LogP contribution in [0.15, 0.2) is 29.2 Å². The van der Waals surface area contributed by atoms with E-state index < -0.39 is 10.0 Å². The van der Waals surface area contributed by atoms with Gasteiger partial charge in [-0.15, -0.1) is 0 Å². The van der Waals surface area contributed by atoms with E-state index in [1.165, 1.54) is 17.1 Å². The summed E-state index contributed by atoms with van der Waals surface area (Å²) >= 11 is 0. The molecule has 0 aromatic heterocycles. The zero-order valence-corrected chi connectivity index (χ0v) is 13.4. The molecule has 112 valence electrons. The average Bonchev–Trinajstić information content (AvgIpc) is 2.41. The highest BCUT2D eigenvalue weighted by Gasteiger charge is 2.19. The Hall–Kier alpha value is -0.910. The van der Waals surface area contributed by atoms with Gasteiger partial charge in [-0.1, -0.05) is 19.1 Å². The third kappa shape index (κ3) is 3.59. The molecule has 0 atom stereocenters. The number of hydrogen-bond acceptors (Lipinski definition) is 3. The van der Waals surface area contributed by atoms with Crippen molar-refractivity contribution in [3.63, 3.8) is 0 Å². The molecule has 0 N–H and O–H groups in total. The first kappa shape index (κ1) is 15.5. The molecule has 0 saturated carbocycles. The van der Waals surface area contributed by atoms with E-state index in [0.717, 1.165) is 31.1 Å². The number of nitrogens with zero attached hydrogens (tertiary/aromatic N) is 2.